The molecule has 0 aliphatic heterocycles. The van der Waals surface area contributed by atoms with Gasteiger partial charge in [-0.3, -0.25) is 9.63 Å². The van der Waals surface area contributed by atoms with Crippen LogP contribution in [0, 0.1) is 11.1 Å². The summed E-state index contributed by atoms with van der Waals surface area (Å²) in [6.45, 7) is 7.31. The molecule has 0 aromatic heterocycles. The molecular formula is C13H25N3O7. The highest BCUT2D eigenvalue weighted by Gasteiger charge is 2.18. The molecule has 1 N–H and O–H groups in total. The van der Waals surface area contributed by atoms with E-state index in [9.17, 15) is 14.8 Å². The molecule has 0 spiro atoms. The Balaban J connectivity index is 4.17. The number of hydrogen-bond acceptors (Lipinski definition) is 7. The zero-order valence-corrected chi connectivity index (χ0v) is 14.1. The third kappa shape index (κ3) is 11.0. The molecule has 0 fully saturated rings. The number of hydrazine groups is 1. The minimum atomic E-state index is -1.16. The Morgan fingerprint density at radius 1 is 1.26 bits per heavy atom. The van der Waals surface area contributed by atoms with Crippen molar-refractivity contribution in [2.75, 3.05) is 13.6 Å². The van der Waals surface area contributed by atoms with Gasteiger partial charge in [0.05, 0.1) is 25.0 Å². The van der Waals surface area contributed by atoms with E-state index < -0.39 is 24.5 Å². The fraction of sp³-hybridized carbons (Fsp3) is 0.846. The maximum atomic E-state index is 11.6. The Labute approximate surface area is 135 Å². The summed E-state index contributed by atoms with van der Waals surface area (Å²) in [4.78, 5) is 26.7. The van der Waals surface area contributed by atoms with Crippen LogP contribution in [0.3, 0.4) is 0 Å². The molecular weight excluding hydrogens is 310 g/mol. The average molecular weight is 335 g/mol. The highest BCUT2D eigenvalue weighted by Crippen LogP contribution is 2.04. The smallest absolute Gasteiger partial charge is 0.511 e. The average Bonchev–Trinajstić information content (AvgIpc) is 2.40. The fourth-order valence-electron chi connectivity index (χ4n) is 1.34. The van der Waals surface area contributed by atoms with E-state index in [-0.39, 0.29) is 11.4 Å². The summed E-state index contributed by atoms with van der Waals surface area (Å²) in [6, 6.07) is 0. The largest absolute Gasteiger partial charge is 0.569 e. The Kier molecular flexibility index (Phi) is 9.44. The van der Waals surface area contributed by atoms with Crippen molar-refractivity contribution in [2.45, 2.75) is 52.9 Å². The Bertz CT molecular complexity index is 414. The molecule has 0 rings (SSSR count). The van der Waals surface area contributed by atoms with Crippen molar-refractivity contribution in [1.29, 1.82) is 0 Å². The molecule has 0 aromatic rings. The van der Waals surface area contributed by atoms with Crippen molar-refractivity contribution >= 4 is 12.1 Å². The van der Waals surface area contributed by atoms with Crippen molar-refractivity contribution in [3.8, 4) is 0 Å². The molecule has 0 aliphatic rings. The number of aliphatic carboxylic acids is 1. The Morgan fingerprint density at radius 2 is 1.87 bits per heavy atom. The van der Waals surface area contributed by atoms with Gasteiger partial charge in [-0.15, -0.1) is 5.01 Å². The molecule has 0 amide bonds. The standard InChI is InChI=1S/C13H25N3O7/c1-9(2)6-7-15(5)16(20)14-23-11(4)22-13(19)21-10(3)8-12(17)18/h9-11H,6-8H2,1-5H3,(H,17,18). The topological polar surface area (TPSA) is 124 Å². The summed E-state index contributed by atoms with van der Waals surface area (Å²) in [5.74, 6) is -0.660. The summed E-state index contributed by atoms with van der Waals surface area (Å²) in [7, 11) is 1.55. The second-order valence-corrected chi connectivity index (χ2v) is 5.47. The summed E-state index contributed by atoms with van der Waals surface area (Å²) in [5, 5.41) is 24.7. The molecule has 0 aliphatic carbocycles. The number of carbonyl (C=O) groups excluding carboxylic acids is 1. The van der Waals surface area contributed by atoms with E-state index in [0.717, 1.165) is 6.42 Å². The van der Waals surface area contributed by atoms with Crippen LogP contribution in [0.25, 0.3) is 0 Å². The highest BCUT2D eigenvalue weighted by molar-refractivity contribution is 5.68. The lowest BCUT2D eigenvalue weighted by molar-refractivity contribution is -0.707. The molecule has 0 saturated carbocycles. The molecule has 0 heterocycles. The van der Waals surface area contributed by atoms with E-state index >= 15 is 0 Å². The van der Waals surface area contributed by atoms with Crippen LogP contribution in [0.2, 0.25) is 0 Å². The van der Waals surface area contributed by atoms with Crippen molar-refractivity contribution in [2.24, 2.45) is 11.2 Å². The van der Waals surface area contributed by atoms with Crippen molar-refractivity contribution in [3.05, 3.63) is 5.21 Å². The van der Waals surface area contributed by atoms with E-state index in [1.807, 2.05) is 13.8 Å². The molecule has 0 saturated heterocycles. The van der Waals surface area contributed by atoms with Gasteiger partial charge in [-0.25, -0.2) is 4.79 Å². The van der Waals surface area contributed by atoms with Crippen LogP contribution in [-0.4, -0.2) is 53.2 Å². The van der Waals surface area contributed by atoms with Crippen LogP contribution < -0.4 is 0 Å². The minimum absolute atomic E-state index is 0.251. The number of carboxylic acid groups (broad SMARTS) is 1. The van der Waals surface area contributed by atoms with E-state index in [4.69, 9.17) is 9.94 Å². The molecule has 2 unspecified atom stereocenters. The second kappa shape index (κ2) is 10.5. The molecule has 0 radical (unpaired) electrons. The van der Waals surface area contributed by atoms with Gasteiger partial charge in [-0.05, 0) is 19.3 Å². The minimum Gasteiger partial charge on any atom is -0.569 e. The predicted molar refractivity (Wildman–Crippen MR) is 78.0 cm³/mol. The van der Waals surface area contributed by atoms with Crippen molar-refractivity contribution in [1.82, 2.24) is 5.01 Å². The number of hydrogen-bond donors (Lipinski definition) is 1. The van der Waals surface area contributed by atoms with E-state index in [0.29, 0.717) is 12.5 Å². The highest BCUT2D eigenvalue weighted by atomic mass is 16.8. The summed E-state index contributed by atoms with van der Waals surface area (Å²) < 4.78 is 9.36. The summed E-state index contributed by atoms with van der Waals surface area (Å²) in [5.41, 5.74) is 0. The second-order valence-electron chi connectivity index (χ2n) is 5.47. The molecule has 23 heavy (non-hydrogen) atoms. The Hall–Kier alpha value is -2.26. The fourth-order valence-corrected chi connectivity index (χ4v) is 1.34. The molecule has 2 atom stereocenters. The Morgan fingerprint density at radius 3 is 2.39 bits per heavy atom. The van der Waals surface area contributed by atoms with Crippen LogP contribution in [0.4, 0.5) is 4.79 Å². The summed E-state index contributed by atoms with van der Waals surface area (Å²) in [6.07, 6.45) is -2.64. The summed E-state index contributed by atoms with van der Waals surface area (Å²) >= 11 is 0. The van der Waals surface area contributed by atoms with Gasteiger partial charge >= 0.3 is 12.1 Å². The van der Waals surface area contributed by atoms with Gasteiger partial charge < -0.3 is 19.8 Å². The molecule has 10 heteroatoms. The molecule has 134 valence electrons. The van der Waals surface area contributed by atoms with Gasteiger partial charge in [-0.1, -0.05) is 13.8 Å². The van der Waals surface area contributed by atoms with Crippen LogP contribution in [0.15, 0.2) is 5.28 Å². The predicted octanol–water partition coefficient (Wildman–Crippen LogP) is 2.14. The van der Waals surface area contributed by atoms with Gasteiger partial charge in [0.1, 0.15) is 6.10 Å². The first-order valence-corrected chi connectivity index (χ1v) is 7.26. The van der Waals surface area contributed by atoms with Crippen LogP contribution in [-0.2, 0) is 19.1 Å². The van der Waals surface area contributed by atoms with Gasteiger partial charge in [0, 0.05) is 6.92 Å². The number of carbonyl (C=O) groups is 2. The van der Waals surface area contributed by atoms with Gasteiger partial charge in [0.25, 0.3) is 6.29 Å². The number of ether oxygens (including phenoxy) is 2. The van der Waals surface area contributed by atoms with E-state index in [1.165, 1.54) is 18.9 Å². The molecule has 0 aromatic carbocycles. The van der Waals surface area contributed by atoms with Gasteiger partial charge in [-0.2, -0.15) is 0 Å². The normalized spacial score (nSPS) is 14.1. The first kappa shape index (κ1) is 20.7. The van der Waals surface area contributed by atoms with Gasteiger partial charge in [0.2, 0.25) is 5.28 Å². The van der Waals surface area contributed by atoms with Crippen molar-refractivity contribution < 1.29 is 34.0 Å². The SMILES string of the molecule is CC(C)CCN(C)[N+]([O-])=NOC(C)OC(=O)OC(C)CC(=O)O. The number of carboxylic acids is 1. The zero-order chi connectivity index (χ0) is 18.0. The third-order valence-electron chi connectivity index (χ3n) is 2.61. The quantitative estimate of drug-likeness (QED) is 0.212. The third-order valence-corrected chi connectivity index (χ3v) is 2.61. The van der Waals surface area contributed by atoms with E-state index in [1.54, 1.807) is 7.05 Å². The molecule has 0 bridgehead atoms. The maximum Gasteiger partial charge on any atom is 0.511 e. The lowest BCUT2D eigenvalue weighted by Crippen LogP contribution is -2.29. The zero-order valence-electron chi connectivity index (χ0n) is 14.1. The molecule has 10 nitrogen and oxygen atoms in total. The lowest BCUT2D eigenvalue weighted by atomic mass is 10.1. The first-order chi connectivity index (χ1) is 10.6. The van der Waals surface area contributed by atoms with Gasteiger partial charge in [0.15, 0.2) is 0 Å². The maximum absolute atomic E-state index is 11.6. The lowest BCUT2D eigenvalue weighted by Gasteiger charge is -2.15. The van der Waals surface area contributed by atoms with E-state index in [2.05, 4.69) is 14.8 Å². The number of nitrogens with zero attached hydrogens (tertiary/aromatic N) is 3. The van der Waals surface area contributed by atoms with Crippen LogP contribution in [0.5, 0.6) is 0 Å². The van der Waals surface area contributed by atoms with Crippen LogP contribution in [0.1, 0.15) is 40.5 Å². The first-order valence-electron chi connectivity index (χ1n) is 7.26. The monoisotopic (exact) mass is 335 g/mol. The van der Waals surface area contributed by atoms with Crippen LogP contribution >= 0.6 is 0 Å². The van der Waals surface area contributed by atoms with Crippen molar-refractivity contribution in [3.63, 3.8) is 0 Å². The number of rotatable bonds is 10.